The first-order chi connectivity index (χ1) is 12.0. The third-order valence-electron chi connectivity index (χ3n) is 5.23. The number of aryl methyl sites for hydroxylation is 1. The van der Waals surface area contributed by atoms with Crippen LogP contribution in [0.3, 0.4) is 0 Å². The molecule has 0 saturated carbocycles. The van der Waals surface area contributed by atoms with Gasteiger partial charge < -0.3 is 9.80 Å². The van der Waals surface area contributed by atoms with Crippen molar-refractivity contribution in [2.45, 2.75) is 18.9 Å². The summed E-state index contributed by atoms with van der Waals surface area (Å²) in [5, 5.41) is 11.9. The summed E-state index contributed by atoms with van der Waals surface area (Å²) < 4.78 is 0. The second-order valence-electron chi connectivity index (χ2n) is 6.76. The number of carbonyl (C=O) groups excluding carboxylic acids is 2. The van der Waals surface area contributed by atoms with Crippen LogP contribution in [0.5, 0.6) is 0 Å². The van der Waals surface area contributed by atoms with Gasteiger partial charge in [0.15, 0.2) is 0 Å². The van der Waals surface area contributed by atoms with E-state index in [1.54, 1.807) is 24.1 Å². The zero-order valence-corrected chi connectivity index (χ0v) is 14.3. The molecule has 3 heterocycles. The van der Waals surface area contributed by atoms with Crippen LogP contribution in [-0.4, -0.2) is 68.0 Å². The lowest BCUT2D eigenvalue weighted by Gasteiger charge is -2.37. The number of likely N-dealkylation sites (tertiary alicyclic amines) is 2. The molecule has 130 valence electrons. The predicted octanol–water partition coefficient (Wildman–Crippen LogP) is 0.570. The number of likely N-dealkylation sites (N-methyl/N-ethyl adjacent to an activating group) is 1. The Morgan fingerprint density at radius 2 is 1.96 bits per heavy atom. The van der Waals surface area contributed by atoms with Crippen LogP contribution in [0.1, 0.15) is 23.2 Å². The fourth-order valence-corrected chi connectivity index (χ4v) is 3.74. The number of hydrogen-bond donors (Lipinski definition) is 0. The summed E-state index contributed by atoms with van der Waals surface area (Å²) >= 11 is 0. The number of rotatable bonds is 2. The van der Waals surface area contributed by atoms with E-state index in [9.17, 15) is 9.59 Å². The number of benzene rings is 1. The molecule has 2 saturated heterocycles. The standard InChI is InChI=1S/C17H20N6O2/c1-21-14-10-23(8-7-13(14)9-15(21)24)17(25)12-5-3-11(4-6-12)16-18-20-22(2)19-16/h3-6,13-14H,7-10H2,1-2H3/t13-,14-/m1/s1. The lowest BCUT2D eigenvalue weighted by molar-refractivity contribution is -0.127. The van der Waals surface area contributed by atoms with Crippen LogP contribution < -0.4 is 0 Å². The lowest BCUT2D eigenvalue weighted by atomic mass is 9.92. The van der Waals surface area contributed by atoms with Crippen LogP contribution in [0.2, 0.25) is 0 Å². The van der Waals surface area contributed by atoms with Gasteiger partial charge in [0.05, 0.1) is 13.1 Å². The highest BCUT2D eigenvalue weighted by Crippen LogP contribution is 2.32. The first kappa shape index (κ1) is 15.7. The van der Waals surface area contributed by atoms with Gasteiger partial charge in [0.2, 0.25) is 11.7 Å². The average molecular weight is 340 g/mol. The van der Waals surface area contributed by atoms with Crippen molar-refractivity contribution in [1.82, 2.24) is 30.0 Å². The summed E-state index contributed by atoms with van der Waals surface area (Å²) in [6, 6.07) is 7.41. The van der Waals surface area contributed by atoms with E-state index in [1.807, 2.05) is 24.1 Å². The van der Waals surface area contributed by atoms with E-state index in [4.69, 9.17) is 0 Å². The highest BCUT2D eigenvalue weighted by Gasteiger charge is 2.42. The van der Waals surface area contributed by atoms with Gasteiger partial charge in [0, 0.05) is 37.7 Å². The Morgan fingerprint density at radius 1 is 1.20 bits per heavy atom. The minimum atomic E-state index is 0.00449. The Balaban J connectivity index is 1.48. The van der Waals surface area contributed by atoms with E-state index in [1.165, 1.54) is 4.80 Å². The Kier molecular flexibility index (Phi) is 3.74. The molecule has 2 atom stereocenters. The number of aromatic nitrogens is 4. The van der Waals surface area contributed by atoms with E-state index in [0.29, 0.717) is 36.8 Å². The van der Waals surface area contributed by atoms with Gasteiger partial charge in [-0.3, -0.25) is 9.59 Å². The van der Waals surface area contributed by atoms with Gasteiger partial charge in [-0.25, -0.2) is 0 Å². The van der Waals surface area contributed by atoms with Crippen LogP contribution in [0.25, 0.3) is 11.4 Å². The number of tetrazole rings is 1. The zero-order chi connectivity index (χ0) is 17.6. The lowest BCUT2D eigenvalue weighted by Crippen LogP contribution is -2.49. The third kappa shape index (κ3) is 2.77. The summed E-state index contributed by atoms with van der Waals surface area (Å²) in [6.45, 7) is 1.31. The highest BCUT2D eigenvalue weighted by molar-refractivity contribution is 5.95. The number of amides is 2. The van der Waals surface area contributed by atoms with Crippen molar-refractivity contribution in [3.05, 3.63) is 29.8 Å². The number of fused-ring (bicyclic) bond motifs is 1. The molecule has 2 amide bonds. The summed E-state index contributed by atoms with van der Waals surface area (Å²) in [6.07, 6.45) is 1.50. The van der Waals surface area contributed by atoms with Crippen LogP contribution in [0, 0.1) is 5.92 Å². The minimum absolute atomic E-state index is 0.00449. The SMILES string of the molecule is CN1C(=O)C[C@H]2CCN(C(=O)c3ccc(-c4nnn(C)n4)cc3)C[C@H]21. The smallest absolute Gasteiger partial charge is 0.253 e. The van der Waals surface area contributed by atoms with Crippen molar-refractivity contribution in [3.8, 4) is 11.4 Å². The zero-order valence-electron chi connectivity index (χ0n) is 14.3. The molecule has 4 rings (SSSR count). The highest BCUT2D eigenvalue weighted by atomic mass is 16.2. The van der Waals surface area contributed by atoms with Crippen LogP contribution in [-0.2, 0) is 11.8 Å². The molecule has 25 heavy (non-hydrogen) atoms. The average Bonchev–Trinajstić information content (AvgIpc) is 3.18. The van der Waals surface area contributed by atoms with Crippen molar-refractivity contribution >= 4 is 11.8 Å². The van der Waals surface area contributed by atoms with Gasteiger partial charge in [0.25, 0.3) is 5.91 Å². The summed E-state index contributed by atoms with van der Waals surface area (Å²) in [4.78, 5) is 29.7. The van der Waals surface area contributed by atoms with Crippen LogP contribution in [0.4, 0.5) is 0 Å². The molecule has 0 radical (unpaired) electrons. The summed E-state index contributed by atoms with van der Waals surface area (Å²) in [5.74, 6) is 1.11. The second-order valence-corrected chi connectivity index (χ2v) is 6.76. The Bertz CT molecular complexity index is 815. The molecule has 0 spiro atoms. The number of hydrogen-bond acceptors (Lipinski definition) is 5. The topological polar surface area (TPSA) is 84.2 Å². The monoisotopic (exact) mass is 340 g/mol. The molecule has 8 heteroatoms. The van der Waals surface area contributed by atoms with Crippen LogP contribution >= 0.6 is 0 Å². The molecule has 8 nitrogen and oxygen atoms in total. The first-order valence-corrected chi connectivity index (χ1v) is 8.42. The quantitative estimate of drug-likeness (QED) is 0.798. The molecule has 2 fully saturated rings. The maximum absolute atomic E-state index is 12.8. The van der Waals surface area contributed by atoms with E-state index in [-0.39, 0.29) is 17.9 Å². The van der Waals surface area contributed by atoms with Gasteiger partial charge in [-0.05, 0) is 29.7 Å². The van der Waals surface area contributed by atoms with Crippen molar-refractivity contribution in [3.63, 3.8) is 0 Å². The minimum Gasteiger partial charge on any atom is -0.341 e. The Labute approximate surface area is 145 Å². The summed E-state index contributed by atoms with van der Waals surface area (Å²) in [7, 11) is 3.55. The Morgan fingerprint density at radius 3 is 2.64 bits per heavy atom. The van der Waals surface area contributed by atoms with Crippen molar-refractivity contribution in [2.24, 2.45) is 13.0 Å². The molecule has 0 aliphatic carbocycles. The molecule has 1 aromatic carbocycles. The van der Waals surface area contributed by atoms with Crippen molar-refractivity contribution < 1.29 is 9.59 Å². The van der Waals surface area contributed by atoms with E-state index >= 15 is 0 Å². The first-order valence-electron chi connectivity index (χ1n) is 8.42. The van der Waals surface area contributed by atoms with Crippen molar-refractivity contribution in [2.75, 3.05) is 20.1 Å². The Hall–Kier alpha value is -2.77. The number of piperidine rings is 1. The fourth-order valence-electron chi connectivity index (χ4n) is 3.74. The normalized spacial score (nSPS) is 23.0. The maximum atomic E-state index is 12.8. The molecule has 1 aromatic heterocycles. The fraction of sp³-hybridized carbons (Fsp3) is 0.471. The molecule has 2 aromatic rings. The molecular formula is C17H20N6O2. The van der Waals surface area contributed by atoms with Crippen molar-refractivity contribution in [1.29, 1.82) is 0 Å². The molecule has 0 unspecified atom stereocenters. The number of carbonyl (C=O) groups is 2. The molecule has 0 N–H and O–H groups in total. The van der Waals surface area contributed by atoms with Crippen LogP contribution in [0.15, 0.2) is 24.3 Å². The maximum Gasteiger partial charge on any atom is 0.253 e. The molecule has 2 aliphatic rings. The largest absolute Gasteiger partial charge is 0.341 e. The molecule has 0 bridgehead atoms. The predicted molar refractivity (Wildman–Crippen MR) is 89.4 cm³/mol. The van der Waals surface area contributed by atoms with Gasteiger partial charge in [0.1, 0.15) is 0 Å². The van der Waals surface area contributed by atoms with Gasteiger partial charge in [-0.15, -0.1) is 10.2 Å². The van der Waals surface area contributed by atoms with Gasteiger partial charge in [-0.1, -0.05) is 12.1 Å². The van der Waals surface area contributed by atoms with Gasteiger partial charge >= 0.3 is 0 Å². The molecular weight excluding hydrogens is 320 g/mol. The van der Waals surface area contributed by atoms with E-state index < -0.39 is 0 Å². The van der Waals surface area contributed by atoms with E-state index in [2.05, 4.69) is 15.4 Å². The number of nitrogens with zero attached hydrogens (tertiary/aromatic N) is 6. The molecule has 2 aliphatic heterocycles. The van der Waals surface area contributed by atoms with Gasteiger partial charge in [-0.2, -0.15) is 4.80 Å². The summed E-state index contributed by atoms with van der Waals surface area (Å²) in [5.41, 5.74) is 1.46. The third-order valence-corrected chi connectivity index (χ3v) is 5.23. The van der Waals surface area contributed by atoms with E-state index in [0.717, 1.165) is 12.0 Å². The second kappa shape index (κ2) is 5.94.